The topological polar surface area (TPSA) is 38.7 Å². The Balaban J connectivity index is 3.00. The highest BCUT2D eigenvalue weighted by Crippen LogP contribution is 1.90. The van der Waals surface area contributed by atoms with E-state index < -0.39 is 0 Å². The summed E-state index contributed by atoms with van der Waals surface area (Å²) in [7, 11) is 0. The molecule has 0 bridgehead atoms. The van der Waals surface area contributed by atoms with Crippen LogP contribution in [0.4, 0.5) is 0 Å². The summed E-state index contributed by atoms with van der Waals surface area (Å²) >= 11 is 0. The van der Waals surface area contributed by atoms with E-state index in [0.717, 1.165) is 0 Å². The average molecular weight is 147 g/mol. The van der Waals surface area contributed by atoms with Gasteiger partial charge in [0.05, 0.1) is 25.9 Å². The van der Waals surface area contributed by atoms with Crippen LogP contribution in [0.3, 0.4) is 0 Å². The summed E-state index contributed by atoms with van der Waals surface area (Å²) in [6.07, 6.45) is 0.0499. The first kappa shape index (κ1) is 9.88. The van der Waals surface area contributed by atoms with Gasteiger partial charge in [-0.15, -0.1) is 0 Å². The van der Waals surface area contributed by atoms with E-state index in [1.807, 2.05) is 6.92 Å². The molecule has 0 saturated heterocycles. The van der Waals surface area contributed by atoms with Crippen molar-refractivity contribution in [2.75, 3.05) is 26.4 Å². The Labute approximate surface area is 62.0 Å². The van der Waals surface area contributed by atoms with E-state index in [1.165, 1.54) is 0 Å². The average Bonchev–Trinajstić information content (AvgIpc) is 1.97. The summed E-state index contributed by atoms with van der Waals surface area (Å²) < 4.78 is 10.1. The molecule has 1 N–H and O–H groups in total. The Bertz CT molecular complexity index is 57.9. The largest absolute Gasteiger partial charge is 0.394 e. The molecule has 0 rings (SSSR count). The summed E-state index contributed by atoms with van der Waals surface area (Å²) in [5.74, 6) is 0. The van der Waals surface area contributed by atoms with E-state index in [2.05, 4.69) is 6.92 Å². The van der Waals surface area contributed by atoms with Crippen LogP contribution in [0.5, 0.6) is 0 Å². The Morgan fingerprint density at radius 3 is 2.80 bits per heavy atom. The first-order chi connectivity index (χ1) is 4.81. The Kier molecular flexibility index (Phi) is 6.91. The van der Waals surface area contributed by atoms with Crippen molar-refractivity contribution in [2.45, 2.75) is 13.0 Å². The summed E-state index contributed by atoms with van der Waals surface area (Å²) in [5, 5.41) is 8.36. The van der Waals surface area contributed by atoms with Crippen LogP contribution >= 0.6 is 0 Å². The molecule has 3 nitrogen and oxygen atoms in total. The third kappa shape index (κ3) is 6.01. The third-order valence-corrected chi connectivity index (χ3v) is 0.991. The number of hydrogen-bond donors (Lipinski definition) is 1. The molecule has 10 heavy (non-hydrogen) atoms. The summed E-state index contributed by atoms with van der Waals surface area (Å²) in [4.78, 5) is 0. The maximum atomic E-state index is 8.36. The molecular formula is C7H15O3. The first-order valence-corrected chi connectivity index (χ1v) is 3.40. The van der Waals surface area contributed by atoms with Crippen LogP contribution in [0.25, 0.3) is 0 Å². The smallest absolute Gasteiger partial charge is 0.0781 e. The van der Waals surface area contributed by atoms with Gasteiger partial charge in [-0.25, -0.2) is 0 Å². The second kappa shape index (κ2) is 6.99. The molecule has 1 radical (unpaired) electrons. The van der Waals surface area contributed by atoms with Gasteiger partial charge in [0.1, 0.15) is 0 Å². The van der Waals surface area contributed by atoms with Crippen molar-refractivity contribution in [3.05, 3.63) is 6.92 Å². The lowest BCUT2D eigenvalue weighted by atomic mass is 10.4. The zero-order chi connectivity index (χ0) is 7.82. The van der Waals surface area contributed by atoms with Crippen molar-refractivity contribution in [3.8, 4) is 0 Å². The first-order valence-electron chi connectivity index (χ1n) is 3.40. The van der Waals surface area contributed by atoms with Crippen molar-refractivity contribution < 1.29 is 14.6 Å². The number of ether oxygens (including phenoxy) is 2. The molecule has 0 aliphatic carbocycles. The van der Waals surface area contributed by atoms with E-state index in [9.17, 15) is 0 Å². The van der Waals surface area contributed by atoms with Gasteiger partial charge < -0.3 is 14.6 Å². The van der Waals surface area contributed by atoms with Gasteiger partial charge in [0.15, 0.2) is 0 Å². The Morgan fingerprint density at radius 2 is 2.30 bits per heavy atom. The van der Waals surface area contributed by atoms with Crippen LogP contribution in [-0.2, 0) is 9.47 Å². The fourth-order valence-corrected chi connectivity index (χ4v) is 0.551. The van der Waals surface area contributed by atoms with Crippen LogP contribution in [-0.4, -0.2) is 37.6 Å². The van der Waals surface area contributed by atoms with E-state index in [4.69, 9.17) is 14.6 Å². The lowest BCUT2D eigenvalue weighted by Gasteiger charge is -2.10. The number of aliphatic hydroxyl groups is 1. The Hall–Kier alpha value is -0.120. The van der Waals surface area contributed by atoms with Gasteiger partial charge in [0, 0.05) is 6.61 Å². The van der Waals surface area contributed by atoms with Gasteiger partial charge in [-0.1, -0.05) is 0 Å². The van der Waals surface area contributed by atoms with Gasteiger partial charge in [-0.2, -0.15) is 0 Å². The van der Waals surface area contributed by atoms with Gasteiger partial charge >= 0.3 is 0 Å². The maximum Gasteiger partial charge on any atom is 0.0781 e. The highest BCUT2D eigenvalue weighted by molar-refractivity contribution is 4.46. The zero-order valence-corrected chi connectivity index (χ0v) is 6.38. The van der Waals surface area contributed by atoms with Gasteiger partial charge in [-0.3, -0.25) is 0 Å². The van der Waals surface area contributed by atoms with Crippen molar-refractivity contribution >= 4 is 0 Å². The molecule has 0 aromatic rings. The Morgan fingerprint density at radius 1 is 1.60 bits per heavy atom. The fourth-order valence-electron chi connectivity index (χ4n) is 0.551. The summed E-state index contributed by atoms with van der Waals surface area (Å²) in [6, 6.07) is 0. The van der Waals surface area contributed by atoms with Crippen LogP contribution in [0.15, 0.2) is 0 Å². The van der Waals surface area contributed by atoms with E-state index in [1.54, 1.807) is 0 Å². The normalized spacial score (nSPS) is 13.5. The number of aliphatic hydroxyl groups excluding tert-OH is 1. The maximum absolute atomic E-state index is 8.36. The van der Waals surface area contributed by atoms with Gasteiger partial charge in [-0.05, 0) is 13.8 Å². The van der Waals surface area contributed by atoms with Crippen molar-refractivity contribution in [1.82, 2.24) is 0 Å². The molecule has 0 aliphatic rings. The molecule has 0 aromatic heterocycles. The highest BCUT2D eigenvalue weighted by atomic mass is 16.5. The van der Waals surface area contributed by atoms with E-state index in [-0.39, 0.29) is 12.7 Å². The van der Waals surface area contributed by atoms with Crippen molar-refractivity contribution in [3.63, 3.8) is 0 Å². The second-order valence-electron chi connectivity index (χ2n) is 1.98. The molecule has 0 heterocycles. The molecule has 3 heteroatoms. The minimum atomic E-state index is 0.0499. The molecule has 0 spiro atoms. The molecule has 1 atom stereocenters. The van der Waals surface area contributed by atoms with E-state index in [0.29, 0.717) is 19.8 Å². The van der Waals surface area contributed by atoms with Crippen molar-refractivity contribution in [2.24, 2.45) is 0 Å². The predicted octanol–water partition coefficient (Wildman–Crippen LogP) is 0.234. The lowest BCUT2D eigenvalue weighted by molar-refractivity contribution is -0.0126. The minimum absolute atomic E-state index is 0.0499. The number of rotatable bonds is 6. The van der Waals surface area contributed by atoms with E-state index >= 15 is 0 Å². The highest BCUT2D eigenvalue weighted by Gasteiger charge is 1.99. The quantitative estimate of drug-likeness (QED) is 0.584. The van der Waals surface area contributed by atoms with Crippen LogP contribution in [0.1, 0.15) is 6.92 Å². The molecule has 0 saturated carbocycles. The van der Waals surface area contributed by atoms with Crippen molar-refractivity contribution in [1.29, 1.82) is 0 Å². The molecular weight excluding hydrogens is 132 g/mol. The second-order valence-corrected chi connectivity index (χ2v) is 1.98. The van der Waals surface area contributed by atoms with Gasteiger partial charge in [0.2, 0.25) is 0 Å². The lowest BCUT2D eigenvalue weighted by Crippen LogP contribution is -2.17. The van der Waals surface area contributed by atoms with Gasteiger partial charge in [0.25, 0.3) is 0 Å². The minimum Gasteiger partial charge on any atom is -0.394 e. The standard InChI is InChI=1S/C7H15O3/c1-3-9-6-7(2)10-5-4-8/h7-8H,1,3-6H2,2H3. The summed E-state index contributed by atoms with van der Waals surface area (Å²) in [6.45, 7) is 6.86. The molecule has 0 aliphatic heterocycles. The summed E-state index contributed by atoms with van der Waals surface area (Å²) in [5.41, 5.74) is 0. The molecule has 0 aromatic carbocycles. The number of hydrogen-bond acceptors (Lipinski definition) is 3. The molecule has 0 amide bonds. The SMILES string of the molecule is [CH2]COCC(C)OCCO. The monoisotopic (exact) mass is 147 g/mol. The zero-order valence-electron chi connectivity index (χ0n) is 6.38. The van der Waals surface area contributed by atoms with Crippen LogP contribution in [0, 0.1) is 6.92 Å². The third-order valence-electron chi connectivity index (χ3n) is 0.991. The molecule has 1 unspecified atom stereocenters. The molecule has 61 valence electrons. The predicted molar refractivity (Wildman–Crippen MR) is 38.7 cm³/mol. The van der Waals surface area contributed by atoms with Crippen LogP contribution in [0.2, 0.25) is 0 Å². The molecule has 0 fully saturated rings. The van der Waals surface area contributed by atoms with Crippen LogP contribution < -0.4 is 0 Å². The fraction of sp³-hybridized carbons (Fsp3) is 0.857.